The molecule has 1 aliphatic heterocycles. The highest BCUT2D eigenvalue weighted by molar-refractivity contribution is 5.00. The number of rotatable bonds is 3. The van der Waals surface area contributed by atoms with Crippen LogP contribution in [0.5, 0.6) is 0 Å². The Bertz CT molecular complexity index is 522. The first kappa shape index (κ1) is 12.3. The smallest absolute Gasteiger partial charge is 0.245 e. The molecule has 3 rings (SSSR count). The lowest BCUT2D eigenvalue weighted by molar-refractivity contribution is 0.0707. The second-order valence-electron chi connectivity index (χ2n) is 4.99. The van der Waals surface area contributed by atoms with Crippen LogP contribution in [0, 0.1) is 6.92 Å². The molecule has 3 heterocycles. The van der Waals surface area contributed by atoms with Gasteiger partial charge in [0, 0.05) is 38.1 Å². The van der Waals surface area contributed by atoms with Crippen molar-refractivity contribution in [2.45, 2.75) is 19.5 Å². The first-order valence-electron chi connectivity index (χ1n) is 6.43. The first-order chi connectivity index (χ1) is 9.22. The van der Waals surface area contributed by atoms with Gasteiger partial charge in [-0.1, -0.05) is 5.16 Å². The third kappa shape index (κ3) is 2.66. The van der Waals surface area contributed by atoms with E-state index in [1.807, 2.05) is 13.0 Å². The summed E-state index contributed by atoms with van der Waals surface area (Å²) in [6.45, 7) is 5.62. The largest absolute Gasteiger partial charge is 0.338 e. The van der Waals surface area contributed by atoms with Crippen molar-refractivity contribution in [3.8, 4) is 0 Å². The van der Waals surface area contributed by atoms with E-state index >= 15 is 0 Å². The predicted molar refractivity (Wildman–Crippen MR) is 68.3 cm³/mol. The van der Waals surface area contributed by atoms with Crippen molar-refractivity contribution >= 4 is 0 Å². The van der Waals surface area contributed by atoms with Gasteiger partial charge < -0.3 is 4.52 Å². The highest BCUT2D eigenvalue weighted by Crippen LogP contribution is 2.23. The molecule has 1 aliphatic rings. The number of nitrogens with one attached hydrogen (secondary N) is 1. The Morgan fingerprint density at radius 3 is 3.05 bits per heavy atom. The third-order valence-corrected chi connectivity index (χ3v) is 3.51. The molecule has 0 radical (unpaired) electrons. The Morgan fingerprint density at radius 1 is 1.47 bits per heavy atom. The van der Waals surface area contributed by atoms with Crippen LogP contribution < -0.4 is 0 Å². The van der Waals surface area contributed by atoms with Crippen LogP contribution in [0.1, 0.15) is 23.5 Å². The van der Waals surface area contributed by atoms with Gasteiger partial charge in [-0.3, -0.25) is 14.9 Å². The molecule has 0 unspecified atom stereocenters. The molecule has 1 fully saturated rings. The lowest BCUT2D eigenvalue weighted by Gasteiger charge is -2.37. The van der Waals surface area contributed by atoms with Gasteiger partial charge in [0.2, 0.25) is 5.89 Å². The van der Waals surface area contributed by atoms with Gasteiger partial charge in [-0.15, -0.1) is 0 Å². The minimum atomic E-state index is 0.165. The highest BCUT2D eigenvalue weighted by atomic mass is 16.5. The molecule has 1 N–H and O–H groups in total. The maximum atomic E-state index is 5.31. The second-order valence-corrected chi connectivity index (χ2v) is 4.99. The van der Waals surface area contributed by atoms with E-state index in [0.29, 0.717) is 11.7 Å². The van der Waals surface area contributed by atoms with Crippen LogP contribution in [0.25, 0.3) is 0 Å². The van der Waals surface area contributed by atoms with Crippen molar-refractivity contribution in [3.63, 3.8) is 0 Å². The van der Waals surface area contributed by atoms with E-state index in [4.69, 9.17) is 4.52 Å². The van der Waals surface area contributed by atoms with E-state index in [1.165, 1.54) is 0 Å². The Labute approximate surface area is 111 Å². The summed E-state index contributed by atoms with van der Waals surface area (Å²) in [5.41, 5.74) is 1.13. The summed E-state index contributed by atoms with van der Waals surface area (Å²) in [4.78, 5) is 8.98. The number of hydrogen-bond acceptors (Lipinski definition) is 6. The zero-order chi connectivity index (χ0) is 13.2. The molecule has 0 amide bonds. The minimum Gasteiger partial charge on any atom is -0.338 e. The number of aromatic amines is 1. The van der Waals surface area contributed by atoms with Gasteiger partial charge in [0.05, 0.1) is 0 Å². The van der Waals surface area contributed by atoms with Crippen molar-refractivity contribution in [1.82, 2.24) is 30.1 Å². The van der Waals surface area contributed by atoms with Crippen molar-refractivity contribution in [2.75, 3.05) is 26.7 Å². The number of nitrogens with zero attached hydrogens (tertiary/aromatic N) is 5. The van der Waals surface area contributed by atoms with Crippen LogP contribution in [-0.4, -0.2) is 56.8 Å². The van der Waals surface area contributed by atoms with E-state index in [-0.39, 0.29) is 6.04 Å². The molecule has 0 bridgehead atoms. The zero-order valence-corrected chi connectivity index (χ0v) is 11.2. The quantitative estimate of drug-likeness (QED) is 0.872. The Morgan fingerprint density at radius 2 is 2.37 bits per heavy atom. The summed E-state index contributed by atoms with van der Waals surface area (Å²) in [5, 5.41) is 10.9. The van der Waals surface area contributed by atoms with E-state index in [9.17, 15) is 0 Å². The summed E-state index contributed by atoms with van der Waals surface area (Å²) in [7, 11) is 2.09. The molecule has 0 aromatic carbocycles. The lowest BCUT2D eigenvalue weighted by Crippen LogP contribution is -2.46. The average molecular weight is 262 g/mol. The van der Waals surface area contributed by atoms with Gasteiger partial charge in [-0.25, -0.2) is 0 Å². The standard InChI is InChI=1S/C12H18N6O/c1-9-14-12(19-16-9)11-8-18(6-5-17(11)2)7-10-3-4-13-15-10/h3-4,11H,5-8H2,1-2H3,(H,13,15)/t11-/m0/s1. The maximum absolute atomic E-state index is 5.31. The normalized spacial score (nSPS) is 21.9. The van der Waals surface area contributed by atoms with Gasteiger partial charge in [0.1, 0.15) is 6.04 Å². The van der Waals surface area contributed by atoms with Crippen molar-refractivity contribution < 1.29 is 4.52 Å². The molecule has 102 valence electrons. The molecule has 0 saturated carbocycles. The fourth-order valence-electron chi connectivity index (χ4n) is 2.40. The Kier molecular flexibility index (Phi) is 3.31. The first-order valence-corrected chi connectivity index (χ1v) is 6.43. The van der Waals surface area contributed by atoms with Crippen LogP contribution >= 0.6 is 0 Å². The monoisotopic (exact) mass is 262 g/mol. The Balaban J connectivity index is 1.70. The fraction of sp³-hybridized carbons (Fsp3) is 0.583. The summed E-state index contributed by atoms with van der Waals surface area (Å²) in [6.07, 6.45) is 1.78. The summed E-state index contributed by atoms with van der Waals surface area (Å²) >= 11 is 0. The van der Waals surface area contributed by atoms with E-state index in [2.05, 4.69) is 37.2 Å². The van der Waals surface area contributed by atoms with Crippen molar-refractivity contribution in [1.29, 1.82) is 0 Å². The molecule has 19 heavy (non-hydrogen) atoms. The fourth-order valence-corrected chi connectivity index (χ4v) is 2.40. The Hall–Kier alpha value is -1.73. The second kappa shape index (κ2) is 5.10. The molecular weight excluding hydrogens is 244 g/mol. The van der Waals surface area contributed by atoms with Gasteiger partial charge in [0.25, 0.3) is 0 Å². The zero-order valence-electron chi connectivity index (χ0n) is 11.2. The summed E-state index contributed by atoms with van der Waals surface area (Å²) < 4.78 is 5.31. The van der Waals surface area contributed by atoms with Crippen molar-refractivity contribution in [2.24, 2.45) is 0 Å². The van der Waals surface area contributed by atoms with Gasteiger partial charge in [0.15, 0.2) is 5.82 Å². The molecule has 0 spiro atoms. The average Bonchev–Trinajstić information content (AvgIpc) is 3.03. The van der Waals surface area contributed by atoms with Crippen LogP contribution in [0.4, 0.5) is 0 Å². The number of aromatic nitrogens is 4. The van der Waals surface area contributed by atoms with Gasteiger partial charge >= 0.3 is 0 Å². The van der Waals surface area contributed by atoms with Crippen LogP contribution in [-0.2, 0) is 6.54 Å². The lowest BCUT2D eigenvalue weighted by atomic mass is 10.1. The number of likely N-dealkylation sites (N-methyl/N-ethyl adjacent to an activating group) is 1. The molecule has 0 aliphatic carbocycles. The topological polar surface area (TPSA) is 74.1 Å². The summed E-state index contributed by atoms with van der Waals surface area (Å²) in [6, 6.07) is 2.17. The molecule has 1 saturated heterocycles. The molecule has 2 aromatic heterocycles. The number of piperazine rings is 1. The number of hydrogen-bond donors (Lipinski definition) is 1. The van der Waals surface area contributed by atoms with Gasteiger partial charge in [-0.2, -0.15) is 10.1 Å². The molecule has 1 atom stereocenters. The van der Waals surface area contributed by atoms with Gasteiger partial charge in [-0.05, 0) is 20.0 Å². The minimum absolute atomic E-state index is 0.165. The van der Waals surface area contributed by atoms with Crippen LogP contribution in [0.3, 0.4) is 0 Å². The number of H-pyrrole nitrogens is 1. The predicted octanol–water partition coefficient (Wildman–Crippen LogP) is 0.590. The van der Waals surface area contributed by atoms with E-state index in [1.54, 1.807) is 6.20 Å². The molecule has 2 aromatic rings. The molecule has 7 heteroatoms. The van der Waals surface area contributed by atoms with Crippen LogP contribution in [0.15, 0.2) is 16.8 Å². The van der Waals surface area contributed by atoms with Crippen LogP contribution in [0.2, 0.25) is 0 Å². The van der Waals surface area contributed by atoms with Crippen molar-refractivity contribution in [3.05, 3.63) is 29.7 Å². The molecular formula is C12H18N6O. The van der Waals surface area contributed by atoms with E-state index < -0.39 is 0 Å². The number of aryl methyl sites for hydroxylation is 1. The molecule has 7 nitrogen and oxygen atoms in total. The summed E-state index contributed by atoms with van der Waals surface area (Å²) in [5.74, 6) is 1.39. The maximum Gasteiger partial charge on any atom is 0.245 e. The highest BCUT2D eigenvalue weighted by Gasteiger charge is 2.29. The van der Waals surface area contributed by atoms with E-state index in [0.717, 1.165) is 31.9 Å². The SMILES string of the molecule is Cc1noc([C@@H]2CN(Cc3ccn[nH]3)CCN2C)n1. The third-order valence-electron chi connectivity index (χ3n) is 3.51.